The van der Waals surface area contributed by atoms with E-state index in [9.17, 15) is 0 Å². The smallest absolute Gasteiger partial charge is 0.171 e. The van der Waals surface area contributed by atoms with Gasteiger partial charge >= 0.3 is 0 Å². The van der Waals surface area contributed by atoms with Crippen molar-refractivity contribution in [2.45, 2.75) is 11.7 Å². The second-order valence-electron chi connectivity index (χ2n) is 3.36. The van der Waals surface area contributed by atoms with Crippen molar-refractivity contribution in [1.82, 2.24) is 9.97 Å². The summed E-state index contributed by atoms with van der Waals surface area (Å²) >= 11 is 1.91. The summed E-state index contributed by atoms with van der Waals surface area (Å²) < 4.78 is 0. The van der Waals surface area contributed by atoms with Crippen molar-refractivity contribution in [3.63, 3.8) is 0 Å². The molecular formula is C9H14N4S. The molecule has 76 valence electrons. The Hall–Kier alpha value is -0.970. The van der Waals surface area contributed by atoms with Gasteiger partial charge in [-0.05, 0) is 12.7 Å². The SMILES string of the molecule is CSC1CCN(c2nccnc2N)C1. The first kappa shape index (κ1) is 9.58. The molecule has 2 N–H and O–H groups in total. The van der Waals surface area contributed by atoms with Crippen LogP contribution in [0.1, 0.15) is 6.42 Å². The lowest BCUT2D eigenvalue weighted by molar-refractivity contribution is 0.931. The highest BCUT2D eigenvalue weighted by molar-refractivity contribution is 7.99. The van der Waals surface area contributed by atoms with Crippen LogP contribution < -0.4 is 10.6 Å². The van der Waals surface area contributed by atoms with E-state index in [1.165, 1.54) is 6.42 Å². The van der Waals surface area contributed by atoms with E-state index in [0.717, 1.165) is 18.9 Å². The molecule has 0 spiro atoms. The first-order chi connectivity index (χ1) is 6.81. The molecule has 1 saturated heterocycles. The van der Waals surface area contributed by atoms with Crippen molar-refractivity contribution in [2.75, 3.05) is 30.0 Å². The predicted octanol–water partition coefficient (Wildman–Crippen LogP) is 1.00. The zero-order valence-electron chi connectivity index (χ0n) is 8.18. The normalized spacial score (nSPS) is 21.5. The number of nitrogens with zero attached hydrogens (tertiary/aromatic N) is 3. The standard InChI is InChI=1S/C9H14N4S/c1-14-7-2-5-13(6-7)9-8(10)11-3-4-12-9/h3-4,7H,2,5-6H2,1H3,(H2,10,11). The van der Waals surface area contributed by atoms with E-state index in [2.05, 4.69) is 21.1 Å². The molecule has 0 amide bonds. The number of nitrogen functional groups attached to an aromatic ring is 1. The lowest BCUT2D eigenvalue weighted by Crippen LogP contribution is -2.22. The van der Waals surface area contributed by atoms with Gasteiger partial charge in [-0.1, -0.05) is 0 Å². The molecule has 1 aromatic rings. The number of aromatic nitrogens is 2. The Morgan fingerprint density at radius 1 is 1.50 bits per heavy atom. The maximum Gasteiger partial charge on any atom is 0.171 e. The molecule has 0 aromatic carbocycles. The molecule has 14 heavy (non-hydrogen) atoms. The van der Waals surface area contributed by atoms with Gasteiger partial charge in [0.15, 0.2) is 11.6 Å². The zero-order chi connectivity index (χ0) is 9.97. The first-order valence-corrected chi connectivity index (χ1v) is 5.94. The van der Waals surface area contributed by atoms with Gasteiger partial charge in [-0.15, -0.1) is 0 Å². The molecule has 1 atom stereocenters. The molecule has 0 bridgehead atoms. The van der Waals surface area contributed by atoms with Crippen LogP contribution in [0.25, 0.3) is 0 Å². The van der Waals surface area contributed by atoms with E-state index in [4.69, 9.17) is 5.73 Å². The molecule has 0 radical (unpaired) electrons. The van der Waals surface area contributed by atoms with Gasteiger partial charge in [0.25, 0.3) is 0 Å². The van der Waals surface area contributed by atoms with Gasteiger partial charge in [-0.3, -0.25) is 0 Å². The second-order valence-corrected chi connectivity index (χ2v) is 4.50. The maximum atomic E-state index is 5.77. The average Bonchev–Trinajstić information content (AvgIpc) is 2.67. The molecule has 1 fully saturated rings. The molecule has 1 aliphatic heterocycles. The summed E-state index contributed by atoms with van der Waals surface area (Å²) in [5.74, 6) is 1.37. The number of nitrogens with two attached hydrogens (primary N) is 1. The summed E-state index contributed by atoms with van der Waals surface area (Å²) in [7, 11) is 0. The highest BCUT2D eigenvalue weighted by Crippen LogP contribution is 2.26. The molecule has 0 saturated carbocycles. The monoisotopic (exact) mass is 210 g/mol. The van der Waals surface area contributed by atoms with Gasteiger partial charge in [0.1, 0.15) is 0 Å². The zero-order valence-corrected chi connectivity index (χ0v) is 9.00. The van der Waals surface area contributed by atoms with Crippen molar-refractivity contribution in [3.05, 3.63) is 12.4 Å². The lowest BCUT2D eigenvalue weighted by atomic mass is 10.4. The van der Waals surface area contributed by atoms with E-state index >= 15 is 0 Å². The number of anilines is 2. The average molecular weight is 210 g/mol. The number of hydrogen-bond acceptors (Lipinski definition) is 5. The van der Waals surface area contributed by atoms with Crippen molar-refractivity contribution < 1.29 is 0 Å². The van der Waals surface area contributed by atoms with Crippen LogP contribution in [0.3, 0.4) is 0 Å². The van der Waals surface area contributed by atoms with Gasteiger partial charge in [-0.2, -0.15) is 11.8 Å². The molecule has 1 unspecified atom stereocenters. The van der Waals surface area contributed by atoms with Crippen LogP contribution in [0.5, 0.6) is 0 Å². The van der Waals surface area contributed by atoms with Crippen LogP contribution >= 0.6 is 11.8 Å². The van der Waals surface area contributed by atoms with Gasteiger partial charge in [0.05, 0.1) is 0 Å². The van der Waals surface area contributed by atoms with Gasteiger partial charge in [0, 0.05) is 30.7 Å². The Bertz CT molecular complexity index is 317. The fourth-order valence-corrected chi connectivity index (χ4v) is 2.37. The second kappa shape index (κ2) is 4.04. The Morgan fingerprint density at radius 3 is 2.93 bits per heavy atom. The highest BCUT2D eigenvalue weighted by Gasteiger charge is 2.23. The largest absolute Gasteiger partial charge is 0.381 e. The molecular weight excluding hydrogens is 196 g/mol. The Morgan fingerprint density at radius 2 is 2.29 bits per heavy atom. The molecule has 4 nitrogen and oxygen atoms in total. The third-order valence-corrected chi connectivity index (χ3v) is 3.54. The first-order valence-electron chi connectivity index (χ1n) is 4.65. The summed E-state index contributed by atoms with van der Waals surface area (Å²) in [5.41, 5.74) is 5.77. The fourth-order valence-electron chi connectivity index (χ4n) is 1.70. The van der Waals surface area contributed by atoms with Crippen molar-refractivity contribution >= 4 is 23.4 Å². The van der Waals surface area contributed by atoms with Crippen LogP contribution in [-0.2, 0) is 0 Å². The summed E-state index contributed by atoms with van der Waals surface area (Å²) in [6, 6.07) is 0. The predicted molar refractivity (Wildman–Crippen MR) is 60.6 cm³/mol. The maximum absolute atomic E-state index is 5.77. The molecule has 1 aromatic heterocycles. The van der Waals surface area contributed by atoms with Crippen LogP contribution in [0, 0.1) is 0 Å². The summed E-state index contributed by atoms with van der Waals surface area (Å²) in [5, 5.41) is 0.705. The fraction of sp³-hybridized carbons (Fsp3) is 0.556. The van der Waals surface area contributed by atoms with Gasteiger partial charge in [0.2, 0.25) is 0 Å². The highest BCUT2D eigenvalue weighted by atomic mass is 32.2. The van der Waals surface area contributed by atoms with Gasteiger partial charge < -0.3 is 10.6 Å². The number of hydrogen-bond donors (Lipinski definition) is 1. The summed E-state index contributed by atoms with van der Waals surface area (Å²) in [4.78, 5) is 10.5. The minimum absolute atomic E-state index is 0.536. The topological polar surface area (TPSA) is 55.0 Å². The third kappa shape index (κ3) is 1.77. The number of rotatable bonds is 2. The van der Waals surface area contributed by atoms with E-state index in [-0.39, 0.29) is 0 Å². The van der Waals surface area contributed by atoms with Crippen LogP contribution in [0.15, 0.2) is 12.4 Å². The van der Waals surface area contributed by atoms with Crippen LogP contribution in [0.2, 0.25) is 0 Å². The third-order valence-electron chi connectivity index (χ3n) is 2.48. The van der Waals surface area contributed by atoms with Crippen LogP contribution in [0.4, 0.5) is 11.6 Å². The Kier molecular flexibility index (Phi) is 2.77. The number of thioether (sulfide) groups is 1. The molecule has 5 heteroatoms. The quantitative estimate of drug-likeness (QED) is 0.789. The molecule has 0 aliphatic carbocycles. The van der Waals surface area contributed by atoms with Crippen molar-refractivity contribution in [3.8, 4) is 0 Å². The summed E-state index contributed by atoms with van der Waals surface area (Å²) in [6.45, 7) is 2.07. The Labute approximate surface area is 87.9 Å². The molecule has 2 heterocycles. The molecule has 2 rings (SSSR count). The van der Waals surface area contributed by atoms with Crippen molar-refractivity contribution in [1.29, 1.82) is 0 Å². The van der Waals surface area contributed by atoms with E-state index in [0.29, 0.717) is 11.1 Å². The summed E-state index contributed by atoms with van der Waals surface area (Å²) in [6.07, 6.45) is 6.67. The van der Waals surface area contributed by atoms with Crippen molar-refractivity contribution in [2.24, 2.45) is 0 Å². The minimum Gasteiger partial charge on any atom is -0.381 e. The molecule has 1 aliphatic rings. The minimum atomic E-state index is 0.536. The van der Waals surface area contributed by atoms with Gasteiger partial charge in [-0.25, -0.2) is 9.97 Å². The van der Waals surface area contributed by atoms with Crippen LogP contribution in [-0.4, -0.2) is 34.6 Å². The van der Waals surface area contributed by atoms with E-state index in [1.54, 1.807) is 12.4 Å². The van der Waals surface area contributed by atoms with E-state index < -0.39 is 0 Å². The lowest BCUT2D eigenvalue weighted by Gasteiger charge is -2.17. The Balaban J connectivity index is 2.13. The van der Waals surface area contributed by atoms with E-state index in [1.807, 2.05) is 11.8 Å².